The number of aromatic nitrogens is 3. The molecule has 2 heterocycles. The Morgan fingerprint density at radius 1 is 1.17 bits per heavy atom. The third-order valence-corrected chi connectivity index (χ3v) is 5.87. The number of carbonyl (C=O) groups excluding carboxylic acids is 1. The lowest BCUT2D eigenvalue weighted by Gasteiger charge is -2.14. The van der Waals surface area contributed by atoms with Gasteiger partial charge in [0, 0.05) is 11.3 Å². The fourth-order valence-electron chi connectivity index (χ4n) is 3.19. The maximum atomic E-state index is 13.2. The number of nitrogens with zero attached hydrogens (tertiary/aromatic N) is 3. The molecule has 0 atom stereocenters. The van der Waals surface area contributed by atoms with Gasteiger partial charge in [-0.3, -0.25) is 9.36 Å². The van der Waals surface area contributed by atoms with Crippen LogP contribution in [0.25, 0.3) is 10.9 Å². The molecule has 2 aromatic carbocycles. The summed E-state index contributed by atoms with van der Waals surface area (Å²) in [7, 11) is 0. The van der Waals surface area contributed by atoms with Crippen molar-refractivity contribution in [3.63, 3.8) is 0 Å². The number of benzene rings is 2. The molecule has 2 aromatic heterocycles. The molecule has 0 unspecified atom stereocenters. The van der Waals surface area contributed by atoms with Crippen LogP contribution in [0.3, 0.4) is 0 Å². The summed E-state index contributed by atoms with van der Waals surface area (Å²) in [6.45, 7) is 4.06. The van der Waals surface area contributed by atoms with Crippen molar-refractivity contribution in [2.45, 2.75) is 31.3 Å². The van der Waals surface area contributed by atoms with Crippen LogP contribution in [-0.4, -0.2) is 20.7 Å². The molecule has 7 nitrogen and oxygen atoms in total. The molecule has 0 radical (unpaired) electrons. The van der Waals surface area contributed by atoms with E-state index in [0.29, 0.717) is 28.4 Å². The minimum Gasteiger partial charge on any atom is -0.545 e. The summed E-state index contributed by atoms with van der Waals surface area (Å²) in [5, 5.41) is 16.1. The van der Waals surface area contributed by atoms with E-state index in [1.165, 1.54) is 30.0 Å². The summed E-state index contributed by atoms with van der Waals surface area (Å²) < 4.78 is 6.83. The van der Waals surface area contributed by atoms with Crippen molar-refractivity contribution < 1.29 is 14.4 Å². The van der Waals surface area contributed by atoms with Crippen molar-refractivity contribution in [3.8, 4) is 0 Å². The number of carbonyl (C=O) groups is 1. The maximum absolute atomic E-state index is 13.2. The SMILES string of the molecule is Cc1noc(C)c1CSc1nc2cc(C(=O)[O-])ccc2c(=O)n1Cc1ccccc1. The van der Waals surface area contributed by atoms with E-state index in [2.05, 4.69) is 10.1 Å². The van der Waals surface area contributed by atoms with Crippen LogP contribution in [0.15, 0.2) is 63.0 Å². The Morgan fingerprint density at radius 3 is 2.60 bits per heavy atom. The summed E-state index contributed by atoms with van der Waals surface area (Å²) in [6.07, 6.45) is 0. The fourth-order valence-corrected chi connectivity index (χ4v) is 4.34. The number of rotatable bonds is 6. The van der Waals surface area contributed by atoms with Gasteiger partial charge < -0.3 is 14.4 Å². The van der Waals surface area contributed by atoms with Crippen molar-refractivity contribution in [3.05, 3.63) is 87.0 Å². The van der Waals surface area contributed by atoms with Crippen molar-refractivity contribution in [2.75, 3.05) is 0 Å². The predicted molar refractivity (Wildman–Crippen MR) is 111 cm³/mol. The molecule has 30 heavy (non-hydrogen) atoms. The minimum absolute atomic E-state index is 0.0168. The first kappa shape index (κ1) is 19.9. The van der Waals surface area contributed by atoms with Gasteiger partial charge in [-0.25, -0.2) is 4.98 Å². The number of aryl methyl sites for hydroxylation is 2. The molecule has 0 bridgehead atoms. The molecule has 0 spiro atoms. The Hall–Kier alpha value is -3.39. The average Bonchev–Trinajstić information content (AvgIpc) is 3.06. The van der Waals surface area contributed by atoms with Crippen LogP contribution < -0.4 is 10.7 Å². The molecule has 8 heteroatoms. The lowest BCUT2D eigenvalue weighted by atomic mass is 10.1. The first-order valence-electron chi connectivity index (χ1n) is 9.28. The Balaban J connectivity index is 1.82. The van der Waals surface area contributed by atoms with Crippen molar-refractivity contribution in [1.82, 2.24) is 14.7 Å². The molecule has 0 N–H and O–H groups in total. The number of hydrogen-bond donors (Lipinski definition) is 0. The molecule has 0 aliphatic rings. The zero-order valence-corrected chi connectivity index (χ0v) is 17.2. The first-order valence-corrected chi connectivity index (χ1v) is 10.3. The Kier molecular flexibility index (Phi) is 5.41. The molecule has 4 rings (SSSR count). The summed E-state index contributed by atoms with van der Waals surface area (Å²) >= 11 is 1.38. The van der Waals surface area contributed by atoms with E-state index in [-0.39, 0.29) is 11.1 Å². The second-order valence-corrected chi connectivity index (χ2v) is 7.82. The van der Waals surface area contributed by atoms with Gasteiger partial charge in [0.2, 0.25) is 0 Å². The zero-order valence-electron chi connectivity index (χ0n) is 16.4. The lowest BCUT2D eigenvalue weighted by molar-refractivity contribution is -0.255. The molecule has 0 fully saturated rings. The highest BCUT2D eigenvalue weighted by molar-refractivity contribution is 7.98. The summed E-state index contributed by atoms with van der Waals surface area (Å²) in [4.78, 5) is 29.1. The van der Waals surface area contributed by atoms with E-state index in [0.717, 1.165) is 22.6 Å². The van der Waals surface area contributed by atoms with Gasteiger partial charge in [0.05, 0.1) is 29.1 Å². The smallest absolute Gasteiger partial charge is 0.262 e. The number of carboxylic acid groups (broad SMARTS) is 1. The highest BCUT2D eigenvalue weighted by atomic mass is 32.2. The normalized spacial score (nSPS) is 11.1. The molecule has 0 amide bonds. The highest BCUT2D eigenvalue weighted by Crippen LogP contribution is 2.26. The van der Waals surface area contributed by atoms with Gasteiger partial charge in [-0.2, -0.15) is 0 Å². The number of thioether (sulfide) groups is 1. The minimum atomic E-state index is -1.31. The Labute approximate surface area is 176 Å². The number of fused-ring (bicyclic) bond motifs is 1. The van der Waals surface area contributed by atoms with Crippen molar-refractivity contribution in [2.24, 2.45) is 0 Å². The molecular formula is C22H18N3O4S-. The van der Waals surface area contributed by atoms with Gasteiger partial charge in [-0.15, -0.1) is 0 Å². The zero-order chi connectivity index (χ0) is 21.3. The third-order valence-electron chi connectivity index (χ3n) is 4.87. The monoisotopic (exact) mass is 420 g/mol. The number of hydrogen-bond acceptors (Lipinski definition) is 7. The summed E-state index contributed by atoms with van der Waals surface area (Å²) in [5.74, 6) is -0.0669. The maximum Gasteiger partial charge on any atom is 0.262 e. The lowest BCUT2D eigenvalue weighted by Crippen LogP contribution is -2.25. The standard InChI is InChI=1S/C22H19N3O4S/c1-13-18(14(2)29-24-13)12-30-22-23-19-10-16(21(27)28)8-9-17(19)20(26)25(22)11-15-6-4-3-5-7-15/h3-10H,11-12H2,1-2H3,(H,27,28)/p-1. The number of carboxylic acids is 1. The van der Waals surface area contributed by atoms with E-state index in [9.17, 15) is 14.7 Å². The van der Waals surface area contributed by atoms with Crippen LogP contribution in [0.2, 0.25) is 0 Å². The first-order chi connectivity index (χ1) is 14.4. The topological polar surface area (TPSA) is 101 Å². The van der Waals surface area contributed by atoms with E-state index >= 15 is 0 Å². The molecule has 152 valence electrons. The summed E-state index contributed by atoms with van der Waals surface area (Å²) in [6, 6.07) is 13.9. The highest BCUT2D eigenvalue weighted by Gasteiger charge is 2.16. The summed E-state index contributed by atoms with van der Waals surface area (Å²) in [5.41, 5.74) is 2.78. The molecule has 4 aromatic rings. The van der Waals surface area contributed by atoms with Crippen LogP contribution in [0, 0.1) is 13.8 Å². The van der Waals surface area contributed by atoms with Crippen LogP contribution >= 0.6 is 11.8 Å². The van der Waals surface area contributed by atoms with Gasteiger partial charge in [0.1, 0.15) is 5.76 Å². The second kappa shape index (κ2) is 8.16. The van der Waals surface area contributed by atoms with E-state index in [1.807, 2.05) is 44.2 Å². The van der Waals surface area contributed by atoms with E-state index < -0.39 is 5.97 Å². The van der Waals surface area contributed by atoms with Gasteiger partial charge in [-0.1, -0.05) is 53.3 Å². The third kappa shape index (κ3) is 3.86. The van der Waals surface area contributed by atoms with E-state index in [1.54, 1.807) is 4.57 Å². The Morgan fingerprint density at radius 2 is 1.93 bits per heavy atom. The fraction of sp³-hybridized carbons (Fsp3) is 0.182. The number of aromatic carboxylic acids is 1. The van der Waals surface area contributed by atoms with Crippen molar-refractivity contribution in [1.29, 1.82) is 0 Å². The quantitative estimate of drug-likeness (QED) is 0.349. The van der Waals surface area contributed by atoms with Crippen LogP contribution in [-0.2, 0) is 12.3 Å². The average molecular weight is 420 g/mol. The molecule has 0 saturated carbocycles. The molecular weight excluding hydrogens is 402 g/mol. The Bertz CT molecular complexity index is 1280. The van der Waals surface area contributed by atoms with Crippen LogP contribution in [0.4, 0.5) is 0 Å². The van der Waals surface area contributed by atoms with Crippen molar-refractivity contribution >= 4 is 28.6 Å². The molecule has 0 saturated heterocycles. The van der Waals surface area contributed by atoms with Gasteiger partial charge in [0.15, 0.2) is 5.16 Å². The second-order valence-electron chi connectivity index (χ2n) is 6.88. The van der Waals surface area contributed by atoms with Crippen LogP contribution in [0.5, 0.6) is 0 Å². The molecule has 0 aliphatic carbocycles. The predicted octanol–water partition coefficient (Wildman–Crippen LogP) is 2.71. The van der Waals surface area contributed by atoms with E-state index in [4.69, 9.17) is 4.52 Å². The van der Waals surface area contributed by atoms with Gasteiger partial charge in [-0.05, 0) is 37.1 Å². The largest absolute Gasteiger partial charge is 0.545 e. The van der Waals surface area contributed by atoms with Gasteiger partial charge in [0.25, 0.3) is 5.56 Å². The molecule has 0 aliphatic heterocycles. The van der Waals surface area contributed by atoms with Crippen LogP contribution in [0.1, 0.15) is 32.9 Å². The van der Waals surface area contributed by atoms with Gasteiger partial charge >= 0.3 is 0 Å².